The van der Waals surface area contributed by atoms with Crippen molar-refractivity contribution in [3.8, 4) is 0 Å². The normalized spacial score (nSPS) is 10.5. The Morgan fingerprint density at radius 1 is 1.60 bits per heavy atom. The minimum absolute atomic E-state index is 0.0729. The molecule has 0 bridgehead atoms. The van der Waals surface area contributed by atoms with E-state index in [2.05, 4.69) is 14.7 Å². The van der Waals surface area contributed by atoms with Crippen LogP contribution in [-0.2, 0) is 11.3 Å². The van der Waals surface area contributed by atoms with Gasteiger partial charge in [-0.1, -0.05) is 12.1 Å². The summed E-state index contributed by atoms with van der Waals surface area (Å²) in [6.07, 6.45) is -0.799. The lowest BCUT2D eigenvalue weighted by molar-refractivity contribution is 0.147. The van der Waals surface area contributed by atoms with Crippen LogP contribution >= 0.6 is 0 Å². The highest BCUT2D eigenvalue weighted by Crippen LogP contribution is 2.15. The fraction of sp³-hybridized carbons (Fsp3) is 0.200. The van der Waals surface area contributed by atoms with Gasteiger partial charge in [0.1, 0.15) is 5.82 Å². The number of hydrogen-bond acceptors (Lipinski definition) is 3. The van der Waals surface area contributed by atoms with E-state index in [1.807, 2.05) is 25.1 Å². The minimum Gasteiger partial charge on any atom is -0.442 e. The summed E-state index contributed by atoms with van der Waals surface area (Å²) in [5.41, 5.74) is 7.76. The average molecular weight is 205 g/mol. The highest BCUT2D eigenvalue weighted by atomic mass is 16.5. The van der Waals surface area contributed by atoms with E-state index in [0.29, 0.717) is 5.82 Å². The number of fused-ring (bicyclic) bond motifs is 1. The van der Waals surface area contributed by atoms with Gasteiger partial charge in [-0.2, -0.15) is 0 Å². The molecule has 5 heteroatoms. The summed E-state index contributed by atoms with van der Waals surface area (Å²) in [4.78, 5) is 17.8. The number of carbonyl (C=O) groups is 1. The zero-order chi connectivity index (χ0) is 10.8. The molecule has 15 heavy (non-hydrogen) atoms. The Kier molecular flexibility index (Phi) is 2.29. The number of H-pyrrole nitrogens is 1. The molecule has 2 aromatic rings. The molecule has 1 aromatic heterocycles. The average Bonchev–Trinajstić information content (AvgIpc) is 2.59. The molecular formula is C10H11N3O2. The van der Waals surface area contributed by atoms with Gasteiger partial charge in [-0.05, 0) is 18.6 Å². The number of benzene rings is 1. The van der Waals surface area contributed by atoms with E-state index >= 15 is 0 Å². The molecule has 2 rings (SSSR count). The van der Waals surface area contributed by atoms with E-state index in [0.717, 1.165) is 16.6 Å². The van der Waals surface area contributed by atoms with E-state index in [1.165, 1.54) is 0 Å². The third kappa shape index (κ3) is 1.90. The molecule has 0 aliphatic rings. The zero-order valence-corrected chi connectivity index (χ0v) is 8.28. The maximum Gasteiger partial charge on any atom is 0.404 e. The topological polar surface area (TPSA) is 81.0 Å². The number of aromatic amines is 1. The number of imidazole rings is 1. The first-order valence-corrected chi connectivity index (χ1v) is 4.53. The van der Waals surface area contributed by atoms with Gasteiger partial charge in [0.2, 0.25) is 0 Å². The Morgan fingerprint density at radius 3 is 3.07 bits per heavy atom. The van der Waals surface area contributed by atoms with E-state index in [-0.39, 0.29) is 6.61 Å². The summed E-state index contributed by atoms with van der Waals surface area (Å²) in [6.45, 7) is 2.05. The number of carbonyl (C=O) groups excluding carboxylic acids is 1. The molecule has 1 heterocycles. The molecule has 78 valence electrons. The van der Waals surface area contributed by atoms with Crippen molar-refractivity contribution in [3.05, 3.63) is 29.6 Å². The van der Waals surface area contributed by atoms with Crippen molar-refractivity contribution < 1.29 is 9.53 Å². The maximum atomic E-state index is 10.4. The predicted octanol–water partition coefficient (Wildman–Crippen LogP) is 1.47. The van der Waals surface area contributed by atoms with Crippen molar-refractivity contribution in [2.24, 2.45) is 5.73 Å². The standard InChI is InChI=1S/C10H11N3O2/c1-6-3-2-4-7-9(6)13-8(12-7)5-15-10(11)14/h2-4H,5H2,1H3,(H2,11,14)(H,12,13). The Balaban J connectivity index is 2.31. The third-order valence-electron chi connectivity index (χ3n) is 2.11. The quantitative estimate of drug-likeness (QED) is 0.778. The molecule has 0 radical (unpaired) electrons. The smallest absolute Gasteiger partial charge is 0.404 e. The van der Waals surface area contributed by atoms with Gasteiger partial charge in [0.25, 0.3) is 0 Å². The van der Waals surface area contributed by atoms with Crippen molar-refractivity contribution in [1.82, 2.24) is 9.97 Å². The highest BCUT2D eigenvalue weighted by Gasteiger charge is 2.05. The van der Waals surface area contributed by atoms with E-state index in [1.54, 1.807) is 0 Å². The summed E-state index contributed by atoms with van der Waals surface area (Å²) >= 11 is 0. The second kappa shape index (κ2) is 3.61. The molecule has 0 atom stereocenters. The first kappa shape index (κ1) is 9.51. The van der Waals surface area contributed by atoms with Gasteiger partial charge >= 0.3 is 6.09 Å². The molecule has 3 N–H and O–H groups in total. The number of nitrogens with zero attached hydrogens (tertiary/aromatic N) is 1. The summed E-state index contributed by atoms with van der Waals surface area (Å²) in [5.74, 6) is 0.595. The van der Waals surface area contributed by atoms with Gasteiger partial charge in [-0.15, -0.1) is 0 Å². The van der Waals surface area contributed by atoms with Gasteiger partial charge < -0.3 is 15.5 Å². The number of nitrogens with one attached hydrogen (secondary N) is 1. The van der Waals surface area contributed by atoms with E-state index in [9.17, 15) is 4.79 Å². The van der Waals surface area contributed by atoms with Gasteiger partial charge in [-0.25, -0.2) is 9.78 Å². The monoisotopic (exact) mass is 205 g/mol. The van der Waals surface area contributed by atoms with Crippen molar-refractivity contribution in [3.63, 3.8) is 0 Å². The number of hydrogen-bond donors (Lipinski definition) is 2. The first-order chi connectivity index (χ1) is 7.16. The van der Waals surface area contributed by atoms with Gasteiger partial charge in [0.15, 0.2) is 6.61 Å². The number of ether oxygens (including phenoxy) is 1. The fourth-order valence-corrected chi connectivity index (χ4v) is 1.43. The Bertz CT molecular complexity index is 504. The molecule has 0 saturated heterocycles. The minimum atomic E-state index is -0.799. The number of para-hydroxylation sites is 1. The second-order valence-corrected chi connectivity index (χ2v) is 3.26. The van der Waals surface area contributed by atoms with Crippen LogP contribution < -0.4 is 5.73 Å². The van der Waals surface area contributed by atoms with Crippen molar-refractivity contribution >= 4 is 17.1 Å². The Labute approximate surface area is 86.3 Å². The molecule has 0 spiro atoms. The number of amides is 1. The number of aromatic nitrogens is 2. The van der Waals surface area contributed by atoms with E-state index < -0.39 is 6.09 Å². The summed E-state index contributed by atoms with van der Waals surface area (Å²) < 4.78 is 4.64. The molecule has 0 saturated carbocycles. The van der Waals surface area contributed by atoms with Crippen LogP contribution in [0.25, 0.3) is 11.0 Å². The van der Waals surface area contributed by atoms with Crippen LogP contribution in [0.3, 0.4) is 0 Å². The van der Waals surface area contributed by atoms with Crippen LogP contribution in [0.15, 0.2) is 18.2 Å². The molecule has 0 fully saturated rings. The molecule has 1 amide bonds. The van der Waals surface area contributed by atoms with Gasteiger partial charge in [0.05, 0.1) is 11.0 Å². The van der Waals surface area contributed by atoms with Crippen molar-refractivity contribution in [2.75, 3.05) is 0 Å². The first-order valence-electron chi connectivity index (χ1n) is 4.53. The van der Waals surface area contributed by atoms with Crippen LogP contribution in [0.4, 0.5) is 4.79 Å². The zero-order valence-electron chi connectivity index (χ0n) is 8.28. The summed E-state index contributed by atoms with van der Waals surface area (Å²) in [7, 11) is 0. The number of aryl methyl sites for hydroxylation is 1. The second-order valence-electron chi connectivity index (χ2n) is 3.26. The Hall–Kier alpha value is -2.04. The number of nitrogens with two attached hydrogens (primary N) is 1. The summed E-state index contributed by atoms with van der Waals surface area (Å²) in [5, 5.41) is 0. The van der Waals surface area contributed by atoms with Crippen LogP contribution in [0.2, 0.25) is 0 Å². The molecule has 0 aliphatic heterocycles. The number of primary amides is 1. The molecule has 5 nitrogen and oxygen atoms in total. The van der Waals surface area contributed by atoms with Crippen LogP contribution in [0, 0.1) is 6.92 Å². The molecule has 0 unspecified atom stereocenters. The van der Waals surface area contributed by atoms with Crippen molar-refractivity contribution in [1.29, 1.82) is 0 Å². The lowest BCUT2D eigenvalue weighted by Gasteiger charge is -1.95. The van der Waals surface area contributed by atoms with Crippen LogP contribution in [0.5, 0.6) is 0 Å². The fourth-order valence-electron chi connectivity index (χ4n) is 1.43. The lowest BCUT2D eigenvalue weighted by atomic mass is 10.2. The maximum absolute atomic E-state index is 10.4. The third-order valence-corrected chi connectivity index (χ3v) is 2.11. The molecular weight excluding hydrogens is 194 g/mol. The highest BCUT2D eigenvalue weighted by molar-refractivity contribution is 5.78. The van der Waals surface area contributed by atoms with Gasteiger partial charge in [-0.3, -0.25) is 0 Å². The largest absolute Gasteiger partial charge is 0.442 e. The van der Waals surface area contributed by atoms with E-state index in [4.69, 9.17) is 5.73 Å². The van der Waals surface area contributed by atoms with Gasteiger partial charge in [0, 0.05) is 0 Å². The SMILES string of the molecule is Cc1cccc2[nH]c(COC(N)=O)nc12. The molecule has 0 aliphatic carbocycles. The lowest BCUT2D eigenvalue weighted by Crippen LogP contribution is -2.13. The van der Waals surface area contributed by atoms with Crippen LogP contribution in [0.1, 0.15) is 11.4 Å². The predicted molar refractivity (Wildman–Crippen MR) is 55.2 cm³/mol. The summed E-state index contributed by atoms with van der Waals surface area (Å²) in [6, 6.07) is 5.83. The molecule has 1 aromatic carbocycles. The Morgan fingerprint density at radius 2 is 2.40 bits per heavy atom. The van der Waals surface area contributed by atoms with Crippen molar-refractivity contribution in [2.45, 2.75) is 13.5 Å². The van der Waals surface area contributed by atoms with Crippen LogP contribution in [-0.4, -0.2) is 16.1 Å². The number of rotatable bonds is 2.